The third-order valence-electron chi connectivity index (χ3n) is 5.61. The number of aromatic nitrogens is 1. The molecule has 1 amide bonds. The highest BCUT2D eigenvalue weighted by Gasteiger charge is 2.44. The van der Waals surface area contributed by atoms with Crippen LogP contribution >= 0.6 is 0 Å². The first kappa shape index (κ1) is 18.3. The normalized spacial score (nSPS) is 25.7. The van der Waals surface area contributed by atoms with Crippen molar-refractivity contribution >= 4 is 5.91 Å². The molecule has 2 atom stereocenters. The fourth-order valence-electron chi connectivity index (χ4n) is 4.12. The van der Waals surface area contributed by atoms with Gasteiger partial charge in [-0.25, -0.2) is 0 Å². The number of β-amino-alcohol motifs (C(OH)–C–C–N with tert-alkyl or cyclic N) is 1. The maximum Gasteiger partial charge on any atom is 0.272 e. The lowest BCUT2D eigenvalue weighted by Gasteiger charge is -2.25. The number of likely N-dealkylation sites (tertiary alicyclic amines) is 2. The molecule has 3 heterocycles. The molecule has 25 heavy (non-hydrogen) atoms. The predicted molar refractivity (Wildman–Crippen MR) is 98.6 cm³/mol. The maximum absolute atomic E-state index is 12.8. The topological polar surface area (TPSA) is 56.7 Å². The van der Waals surface area contributed by atoms with E-state index < -0.39 is 0 Å². The summed E-state index contributed by atoms with van der Waals surface area (Å²) in [4.78, 5) is 21.5. The second-order valence-electron chi connectivity index (χ2n) is 8.99. The van der Waals surface area contributed by atoms with Gasteiger partial charge < -0.3 is 14.9 Å². The second-order valence-corrected chi connectivity index (χ2v) is 8.99. The quantitative estimate of drug-likeness (QED) is 0.913. The van der Waals surface area contributed by atoms with E-state index in [1.54, 1.807) is 0 Å². The van der Waals surface area contributed by atoms with Gasteiger partial charge in [-0.05, 0) is 43.4 Å². The van der Waals surface area contributed by atoms with Crippen LogP contribution in [0.4, 0.5) is 0 Å². The molecular formula is C20H31N3O2. The largest absolute Gasteiger partial charge is 0.392 e. The SMILES string of the molecule is CC(O)CN1CCC2(CCN(C(=O)c3ccc(C(C)(C)C)cn3)C2)C1. The number of hydrogen-bond donors (Lipinski definition) is 1. The van der Waals surface area contributed by atoms with E-state index in [-0.39, 0.29) is 22.8 Å². The van der Waals surface area contributed by atoms with Gasteiger partial charge in [-0.1, -0.05) is 26.8 Å². The van der Waals surface area contributed by atoms with Crippen LogP contribution in [0.3, 0.4) is 0 Å². The van der Waals surface area contributed by atoms with Gasteiger partial charge in [0.05, 0.1) is 6.10 Å². The molecule has 3 rings (SSSR count). The van der Waals surface area contributed by atoms with Crippen molar-refractivity contribution in [3.05, 3.63) is 29.6 Å². The summed E-state index contributed by atoms with van der Waals surface area (Å²) in [5.41, 5.74) is 1.94. The van der Waals surface area contributed by atoms with Crippen LogP contribution < -0.4 is 0 Å². The van der Waals surface area contributed by atoms with Crippen LogP contribution in [0.25, 0.3) is 0 Å². The Hall–Kier alpha value is -1.46. The summed E-state index contributed by atoms with van der Waals surface area (Å²) in [7, 11) is 0. The minimum absolute atomic E-state index is 0.0451. The molecule has 2 fully saturated rings. The number of nitrogens with zero attached hydrogens (tertiary/aromatic N) is 3. The molecule has 1 aromatic rings. The second kappa shape index (κ2) is 6.69. The fraction of sp³-hybridized carbons (Fsp3) is 0.700. The average molecular weight is 345 g/mol. The highest BCUT2D eigenvalue weighted by Crippen LogP contribution is 2.39. The van der Waals surface area contributed by atoms with Crippen molar-refractivity contribution in [2.75, 3.05) is 32.7 Å². The number of rotatable bonds is 3. The summed E-state index contributed by atoms with van der Waals surface area (Å²) in [6.45, 7) is 12.6. The van der Waals surface area contributed by atoms with Crippen LogP contribution in [0.15, 0.2) is 18.3 Å². The van der Waals surface area contributed by atoms with Gasteiger partial charge in [-0.2, -0.15) is 0 Å². The number of carbonyl (C=O) groups excluding carboxylic acids is 1. The van der Waals surface area contributed by atoms with Gasteiger partial charge in [0.1, 0.15) is 5.69 Å². The molecule has 1 spiro atoms. The third kappa shape index (κ3) is 4.04. The molecule has 2 aliphatic heterocycles. The van der Waals surface area contributed by atoms with Crippen LogP contribution in [0, 0.1) is 5.41 Å². The van der Waals surface area contributed by atoms with Gasteiger partial charge >= 0.3 is 0 Å². The van der Waals surface area contributed by atoms with Crippen molar-refractivity contribution in [2.45, 2.75) is 52.1 Å². The first-order chi connectivity index (χ1) is 11.7. The Bertz CT molecular complexity index is 621. The van der Waals surface area contributed by atoms with Crippen LogP contribution in [0.1, 0.15) is 56.6 Å². The van der Waals surface area contributed by atoms with Gasteiger partial charge in [-0.15, -0.1) is 0 Å². The van der Waals surface area contributed by atoms with E-state index in [2.05, 4.69) is 30.7 Å². The number of pyridine rings is 1. The molecule has 2 unspecified atom stereocenters. The Morgan fingerprint density at radius 1 is 1.28 bits per heavy atom. The standard InChI is InChI=1S/C20H31N3O2/c1-15(24)12-22-9-7-20(13-22)8-10-23(14-20)18(25)17-6-5-16(11-21-17)19(2,3)4/h5-6,11,15,24H,7-10,12-14H2,1-4H3. The molecule has 2 saturated heterocycles. The van der Waals surface area contributed by atoms with Crippen molar-refractivity contribution in [3.8, 4) is 0 Å². The van der Waals surface area contributed by atoms with Crippen molar-refractivity contribution in [1.29, 1.82) is 0 Å². The Morgan fingerprint density at radius 2 is 2.00 bits per heavy atom. The number of aliphatic hydroxyl groups excluding tert-OH is 1. The van der Waals surface area contributed by atoms with Crippen LogP contribution in [0.2, 0.25) is 0 Å². The van der Waals surface area contributed by atoms with E-state index in [9.17, 15) is 9.90 Å². The molecular weight excluding hydrogens is 314 g/mol. The molecule has 138 valence electrons. The Labute approximate surface area is 151 Å². The summed E-state index contributed by atoms with van der Waals surface area (Å²) in [6, 6.07) is 3.88. The Morgan fingerprint density at radius 3 is 2.60 bits per heavy atom. The summed E-state index contributed by atoms with van der Waals surface area (Å²) >= 11 is 0. The fourth-order valence-corrected chi connectivity index (χ4v) is 4.12. The molecule has 5 nitrogen and oxygen atoms in total. The molecule has 0 aromatic carbocycles. The maximum atomic E-state index is 12.8. The van der Waals surface area contributed by atoms with E-state index in [0.29, 0.717) is 5.69 Å². The van der Waals surface area contributed by atoms with Gasteiger partial charge in [0.2, 0.25) is 0 Å². The molecule has 0 bridgehead atoms. The zero-order valence-electron chi connectivity index (χ0n) is 16.0. The molecule has 5 heteroatoms. The van der Waals surface area contributed by atoms with Crippen LogP contribution in [-0.2, 0) is 5.41 Å². The minimum Gasteiger partial charge on any atom is -0.392 e. The molecule has 1 aromatic heterocycles. The molecule has 1 N–H and O–H groups in total. The highest BCUT2D eigenvalue weighted by molar-refractivity contribution is 5.92. The van der Waals surface area contributed by atoms with Gasteiger partial charge in [0, 0.05) is 37.8 Å². The summed E-state index contributed by atoms with van der Waals surface area (Å²) in [5, 5.41) is 9.60. The predicted octanol–water partition coefficient (Wildman–Crippen LogP) is 2.30. The van der Waals surface area contributed by atoms with Gasteiger partial charge in [0.15, 0.2) is 0 Å². The van der Waals surface area contributed by atoms with E-state index in [1.165, 1.54) is 0 Å². The number of aliphatic hydroxyl groups is 1. The number of carbonyl (C=O) groups is 1. The van der Waals surface area contributed by atoms with Crippen LogP contribution in [0.5, 0.6) is 0 Å². The van der Waals surface area contributed by atoms with Crippen molar-refractivity contribution in [1.82, 2.24) is 14.8 Å². The van der Waals surface area contributed by atoms with E-state index >= 15 is 0 Å². The lowest BCUT2D eigenvalue weighted by Crippen LogP contribution is -2.35. The first-order valence-electron chi connectivity index (χ1n) is 9.35. The zero-order chi connectivity index (χ0) is 18.2. The summed E-state index contributed by atoms with van der Waals surface area (Å²) in [6.07, 6.45) is 3.70. The molecule has 0 aliphatic carbocycles. The van der Waals surface area contributed by atoms with E-state index in [1.807, 2.05) is 30.2 Å². The third-order valence-corrected chi connectivity index (χ3v) is 5.61. The van der Waals surface area contributed by atoms with E-state index in [0.717, 1.165) is 51.1 Å². The Balaban J connectivity index is 1.63. The van der Waals surface area contributed by atoms with Crippen molar-refractivity contribution in [2.24, 2.45) is 5.41 Å². The lowest BCUT2D eigenvalue weighted by molar-refractivity contribution is 0.0764. The zero-order valence-corrected chi connectivity index (χ0v) is 16.0. The average Bonchev–Trinajstić information content (AvgIpc) is 3.12. The summed E-state index contributed by atoms with van der Waals surface area (Å²) in [5.74, 6) is 0.0475. The monoisotopic (exact) mass is 345 g/mol. The van der Waals surface area contributed by atoms with Crippen molar-refractivity contribution in [3.63, 3.8) is 0 Å². The Kier molecular flexibility index (Phi) is 4.91. The van der Waals surface area contributed by atoms with Crippen molar-refractivity contribution < 1.29 is 9.90 Å². The number of hydrogen-bond acceptors (Lipinski definition) is 4. The smallest absolute Gasteiger partial charge is 0.272 e. The first-order valence-corrected chi connectivity index (χ1v) is 9.35. The molecule has 0 radical (unpaired) electrons. The molecule has 2 aliphatic rings. The lowest BCUT2D eigenvalue weighted by atomic mass is 9.86. The highest BCUT2D eigenvalue weighted by atomic mass is 16.3. The van der Waals surface area contributed by atoms with Gasteiger partial charge in [0.25, 0.3) is 5.91 Å². The van der Waals surface area contributed by atoms with E-state index in [4.69, 9.17) is 0 Å². The van der Waals surface area contributed by atoms with Gasteiger partial charge in [-0.3, -0.25) is 9.78 Å². The van der Waals surface area contributed by atoms with Crippen LogP contribution in [-0.4, -0.2) is 64.6 Å². The summed E-state index contributed by atoms with van der Waals surface area (Å²) < 4.78 is 0. The molecule has 0 saturated carbocycles. The number of amides is 1. The minimum atomic E-state index is -0.292.